The van der Waals surface area contributed by atoms with Crippen LogP contribution in [0.15, 0.2) is 59.8 Å². The average molecular weight is 314 g/mol. The summed E-state index contributed by atoms with van der Waals surface area (Å²) in [6, 6.07) is 15.2. The van der Waals surface area contributed by atoms with Crippen molar-refractivity contribution >= 4 is 17.9 Å². The first kappa shape index (κ1) is 14.9. The first-order valence-electron chi connectivity index (χ1n) is 7.41. The van der Waals surface area contributed by atoms with Crippen LogP contribution < -0.4 is 4.74 Å². The average Bonchev–Trinajstić information content (AvgIpc) is 2.57. The fourth-order valence-electron chi connectivity index (χ4n) is 2.40. The predicted octanol–water partition coefficient (Wildman–Crippen LogP) is 3.84. The van der Waals surface area contributed by atoms with Crippen LogP contribution >= 0.6 is 11.8 Å². The second kappa shape index (κ2) is 7.31. The number of thioether (sulfide) groups is 1. The van der Waals surface area contributed by atoms with Gasteiger partial charge in [0.2, 0.25) is 0 Å². The SMILES string of the molecule is O=C(Oc1ccccc1)N1CCC(Sc2ccccn2)CC1. The Labute approximate surface area is 134 Å². The van der Waals surface area contributed by atoms with Crippen molar-refractivity contribution in [2.75, 3.05) is 13.1 Å². The van der Waals surface area contributed by atoms with Crippen molar-refractivity contribution in [3.63, 3.8) is 0 Å². The highest BCUT2D eigenvalue weighted by Gasteiger charge is 2.24. The monoisotopic (exact) mass is 314 g/mol. The lowest BCUT2D eigenvalue weighted by atomic mass is 10.1. The van der Waals surface area contributed by atoms with E-state index < -0.39 is 0 Å². The van der Waals surface area contributed by atoms with Crippen molar-refractivity contribution in [2.45, 2.75) is 23.1 Å². The molecule has 2 aromatic rings. The molecule has 22 heavy (non-hydrogen) atoms. The second-order valence-electron chi connectivity index (χ2n) is 5.15. The number of piperidine rings is 1. The molecular weight excluding hydrogens is 296 g/mol. The van der Waals surface area contributed by atoms with Crippen LogP contribution in [0.2, 0.25) is 0 Å². The molecule has 2 heterocycles. The predicted molar refractivity (Wildman–Crippen MR) is 87.2 cm³/mol. The molecule has 0 unspecified atom stereocenters. The van der Waals surface area contributed by atoms with Gasteiger partial charge in [-0.25, -0.2) is 9.78 Å². The zero-order chi connectivity index (χ0) is 15.2. The van der Waals surface area contributed by atoms with Gasteiger partial charge in [-0.1, -0.05) is 24.3 Å². The Kier molecular flexibility index (Phi) is 4.96. The van der Waals surface area contributed by atoms with Gasteiger partial charge in [-0.05, 0) is 37.1 Å². The summed E-state index contributed by atoms with van der Waals surface area (Å²) in [5.74, 6) is 0.595. The van der Waals surface area contributed by atoms with Crippen molar-refractivity contribution in [1.29, 1.82) is 0 Å². The van der Waals surface area contributed by atoms with Gasteiger partial charge >= 0.3 is 6.09 Å². The smallest absolute Gasteiger partial charge is 0.410 e. The van der Waals surface area contributed by atoms with Crippen LogP contribution in [0.1, 0.15) is 12.8 Å². The van der Waals surface area contributed by atoms with E-state index in [0.29, 0.717) is 11.0 Å². The minimum Gasteiger partial charge on any atom is -0.410 e. The number of rotatable bonds is 3. The molecule has 0 saturated carbocycles. The fourth-order valence-corrected chi connectivity index (χ4v) is 3.46. The van der Waals surface area contributed by atoms with E-state index in [1.807, 2.05) is 42.6 Å². The number of hydrogen-bond donors (Lipinski definition) is 0. The number of nitrogens with zero attached hydrogens (tertiary/aromatic N) is 2. The third-order valence-corrected chi connectivity index (χ3v) is 4.86. The number of hydrogen-bond acceptors (Lipinski definition) is 4. The number of aromatic nitrogens is 1. The molecular formula is C17H18N2O2S. The highest BCUT2D eigenvalue weighted by atomic mass is 32.2. The zero-order valence-electron chi connectivity index (χ0n) is 12.2. The van der Waals surface area contributed by atoms with E-state index in [9.17, 15) is 4.79 Å². The van der Waals surface area contributed by atoms with E-state index in [1.54, 1.807) is 28.8 Å². The normalized spacial score (nSPS) is 15.5. The Morgan fingerprint density at radius 2 is 1.82 bits per heavy atom. The molecule has 0 spiro atoms. The maximum absolute atomic E-state index is 12.1. The number of amides is 1. The third-order valence-electron chi connectivity index (χ3n) is 3.57. The molecule has 114 valence electrons. The zero-order valence-corrected chi connectivity index (χ0v) is 13.0. The van der Waals surface area contributed by atoms with Crippen LogP contribution in [0.25, 0.3) is 0 Å². The molecule has 1 aromatic heterocycles. The maximum atomic E-state index is 12.1. The van der Waals surface area contributed by atoms with Gasteiger partial charge in [-0.3, -0.25) is 0 Å². The van der Waals surface area contributed by atoms with Gasteiger partial charge in [0, 0.05) is 24.5 Å². The van der Waals surface area contributed by atoms with Crippen LogP contribution in [0.5, 0.6) is 5.75 Å². The van der Waals surface area contributed by atoms with Crippen LogP contribution in [0.4, 0.5) is 4.79 Å². The lowest BCUT2D eigenvalue weighted by Gasteiger charge is -2.30. The number of carbonyl (C=O) groups excluding carboxylic acids is 1. The first-order chi connectivity index (χ1) is 10.8. The molecule has 1 aliphatic heterocycles. The summed E-state index contributed by atoms with van der Waals surface area (Å²) in [7, 11) is 0. The largest absolute Gasteiger partial charge is 0.415 e. The van der Waals surface area contributed by atoms with Gasteiger partial charge in [0.25, 0.3) is 0 Å². The highest BCUT2D eigenvalue weighted by molar-refractivity contribution is 7.99. The standard InChI is InChI=1S/C17H18N2O2S/c20-17(21-14-6-2-1-3-7-14)19-12-9-15(10-13-19)22-16-8-4-5-11-18-16/h1-8,11,15H,9-10,12-13H2. The maximum Gasteiger partial charge on any atom is 0.415 e. The molecule has 0 radical (unpaired) electrons. The Balaban J connectivity index is 1.48. The molecule has 1 aliphatic rings. The Morgan fingerprint density at radius 1 is 1.09 bits per heavy atom. The number of benzene rings is 1. The van der Waals surface area contributed by atoms with Gasteiger partial charge < -0.3 is 9.64 Å². The van der Waals surface area contributed by atoms with Crippen LogP contribution in [0, 0.1) is 0 Å². The molecule has 1 amide bonds. The summed E-state index contributed by atoms with van der Waals surface area (Å²) in [6.07, 6.45) is 3.48. The molecule has 3 rings (SSSR count). The van der Waals surface area contributed by atoms with Gasteiger partial charge in [-0.15, -0.1) is 11.8 Å². The van der Waals surface area contributed by atoms with Crippen molar-refractivity contribution in [1.82, 2.24) is 9.88 Å². The van der Waals surface area contributed by atoms with Crippen molar-refractivity contribution in [3.8, 4) is 5.75 Å². The molecule has 1 saturated heterocycles. The number of likely N-dealkylation sites (tertiary alicyclic amines) is 1. The summed E-state index contributed by atoms with van der Waals surface area (Å²) in [5, 5.41) is 1.56. The Hall–Kier alpha value is -2.01. The summed E-state index contributed by atoms with van der Waals surface area (Å²) >= 11 is 1.79. The molecule has 0 N–H and O–H groups in total. The second-order valence-corrected chi connectivity index (χ2v) is 6.47. The quantitative estimate of drug-likeness (QED) is 0.863. The third kappa shape index (κ3) is 4.01. The van der Waals surface area contributed by atoms with Crippen molar-refractivity contribution < 1.29 is 9.53 Å². The summed E-state index contributed by atoms with van der Waals surface area (Å²) < 4.78 is 5.38. The molecule has 0 atom stereocenters. The van der Waals surface area contributed by atoms with E-state index in [0.717, 1.165) is 31.0 Å². The first-order valence-corrected chi connectivity index (χ1v) is 8.29. The summed E-state index contributed by atoms with van der Waals surface area (Å²) in [5.41, 5.74) is 0. The molecule has 0 bridgehead atoms. The van der Waals surface area contributed by atoms with E-state index in [1.165, 1.54) is 0 Å². The number of ether oxygens (including phenoxy) is 1. The van der Waals surface area contributed by atoms with Crippen LogP contribution in [-0.2, 0) is 0 Å². The fraction of sp³-hybridized carbons (Fsp3) is 0.294. The highest BCUT2D eigenvalue weighted by Crippen LogP contribution is 2.29. The van der Waals surface area contributed by atoms with Gasteiger partial charge in [0.05, 0.1) is 5.03 Å². The Morgan fingerprint density at radius 3 is 2.50 bits per heavy atom. The molecule has 1 aromatic carbocycles. The molecule has 0 aliphatic carbocycles. The minimum atomic E-state index is -0.257. The number of para-hydroxylation sites is 1. The van der Waals surface area contributed by atoms with E-state index in [-0.39, 0.29) is 6.09 Å². The van der Waals surface area contributed by atoms with Gasteiger partial charge in [0.1, 0.15) is 5.75 Å². The lowest BCUT2D eigenvalue weighted by molar-refractivity contribution is 0.143. The molecule has 1 fully saturated rings. The molecule has 4 nitrogen and oxygen atoms in total. The van der Waals surface area contributed by atoms with Gasteiger partial charge in [0.15, 0.2) is 0 Å². The number of pyridine rings is 1. The topological polar surface area (TPSA) is 42.4 Å². The van der Waals surface area contributed by atoms with Crippen molar-refractivity contribution in [3.05, 3.63) is 54.7 Å². The molecule has 5 heteroatoms. The van der Waals surface area contributed by atoms with E-state index in [2.05, 4.69) is 4.98 Å². The summed E-state index contributed by atoms with van der Waals surface area (Å²) in [4.78, 5) is 18.2. The van der Waals surface area contributed by atoms with Crippen molar-refractivity contribution in [2.24, 2.45) is 0 Å². The summed E-state index contributed by atoms with van der Waals surface area (Å²) in [6.45, 7) is 1.46. The van der Waals surface area contributed by atoms with Gasteiger partial charge in [-0.2, -0.15) is 0 Å². The number of carbonyl (C=O) groups is 1. The lowest BCUT2D eigenvalue weighted by Crippen LogP contribution is -2.40. The van der Waals surface area contributed by atoms with E-state index >= 15 is 0 Å². The van der Waals surface area contributed by atoms with E-state index in [4.69, 9.17) is 4.74 Å². The minimum absolute atomic E-state index is 0.257. The Bertz CT molecular complexity index is 599. The van der Waals surface area contributed by atoms with Crippen LogP contribution in [0.3, 0.4) is 0 Å². The van der Waals surface area contributed by atoms with Crippen LogP contribution in [-0.4, -0.2) is 34.3 Å².